The zero-order chi connectivity index (χ0) is 16.1. The van der Waals surface area contributed by atoms with Crippen LogP contribution in [0.4, 0.5) is 23.7 Å². The van der Waals surface area contributed by atoms with E-state index in [1.807, 2.05) is 10.6 Å². The number of carbonyl (C=O) groups is 1. The van der Waals surface area contributed by atoms with Gasteiger partial charge in [-0.25, -0.2) is 4.79 Å². The number of amides is 2. The quantitative estimate of drug-likeness (QED) is 0.548. The number of hydrogen-bond donors (Lipinski definition) is 5. The van der Waals surface area contributed by atoms with Crippen LogP contribution in [-0.2, 0) is 6.18 Å². The molecule has 5 N–H and O–H groups in total. The number of benzene rings is 1. The SMILES string of the molecule is O=C(Nc1ccccc1C(F)(F)F)NC(CO)(CO)CO. The molecule has 1 aromatic rings. The van der Waals surface area contributed by atoms with Crippen molar-refractivity contribution >= 4 is 11.7 Å². The molecule has 0 aliphatic heterocycles. The van der Waals surface area contributed by atoms with Crippen molar-refractivity contribution in [3.8, 4) is 0 Å². The zero-order valence-electron chi connectivity index (χ0n) is 10.8. The summed E-state index contributed by atoms with van der Waals surface area (Å²) in [6.07, 6.45) is -4.65. The van der Waals surface area contributed by atoms with Gasteiger partial charge >= 0.3 is 12.2 Å². The van der Waals surface area contributed by atoms with Gasteiger partial charge in [0.05, 0.1) is 31.1 Å². The van der Waals surface area contributed by atoms with Gasteiger partial charge in [-0.15, -0.1) is 0 Å². The molecular formula is C12H15F3N2O4. The minimum absolute atomic E-state index is 0.481. The van der Waals surface area contributed by atoms with Crippen molar-refractivity contribution in [3.05, 3.63) is 29.8 Å². The topological polar surface area (TPSA) is 102 Å². The molecule has 0 radical (unpaired) electrons. The van der Waals surface area contributed by atoms with Gasteiger partial charge in [0.15, 0.2) is 0 Å². The van der Waals surface area contributed by atoms with Crippen molar-refractivity contribution in [2.24, 2.45) is 0 Å². The Morgan fingerprint density at radius 1 is 1.05 bits per heavy atom. The zero-order valence-corrected chi connectivity index (χ0v) is 10.8. The van der Waals surface area contributed by atoms with Crippen LogP contribution < -0.4 is 10.6 Å². The maximum absolute atomic E-state index is 12.7. The number of rotatable bonds is 5. The highest BCUT2D eigenvalue weighted by Gasteiger charge is 2.34. The van der Waals surface area contributed by atoms with Crippen LogP contribution >= 0.6 is 0 Å². The van der Waals surface area contributed by atoms with E-state index in [4.69, 9.17) is 15.3 Å². The summed E-state index contributed by atoms with van der Waals surface area (Å²) in [5.74, 6) is 0. The standard InChI is InChI=1S/C12H15F3N2O4/c13-12(14,15)8-3-1-2-4-9(8)16-10(21)17-11(5-18,6-19)7-20/h1-4,18-20H,5-7H2,(H2,16,17,21). The molecule has 0 aliphatic rings. The van der Waals surface area contributed by atoms with E-state index < -0.39 is 48.8 Å². The Labute approximate surface area is 118 Å². The van der Waals surface area contributed by atoms with Crippen molar-refractivity contribution in [3.63, 3.8) is 0 Å². The van der Waals surface area contributed by atoms with Crippen LogP contribution in [0.3, 0.4) is 0 Å². The Morgan fingerprint density at radius 3 is 2.05 bits per heavy atom. The fourth-order valence-corrected chi connectivity index (χ4v) is 1.50. The summed E-state index contributed by atoms with van der Waals surface area (Å²) >= 11 is 0. The lowest BCUT2D eigenvalue weighted by Gasteiger charge is -2.28. The molecule has 21 heavy (non-hydrogen) atoms. The number of urea groups is 1. The molecule has 0 unspecified atom stereocenters. The number of carbonyl (C=O) groups excluding carboxylic acids is 1. The Morgan fingerprint density at radius 2 is 1.57 bits per heavy atom. The number of nitrogens with one attached hydrogen (secondary N) is 2. The molecule has 6 nitrogen and oxygen atoms in total. The van der Waals surface area contributed by atoms with Gasteiger partial charge in [0.2, 0.25) is 0 Å². The summed E-state index contributed by atoms with van der Waals surface area (Å²) in [6.45, 7) is -2.35. The second kappa shape index (κ2) is 6.74. The smallest absolute Gasteiger partial charge is 0.394 e. The van der Waals surface area contributed by atoms with Gasteiger partial charge in [-0.3, -0.25) is 0 Å². The summed E-state index contributed by atoms with van der Waals surface area (Å²) in [6, 6.07) is 3.24. The van der Waals surface area contributed by atoms with Crippen LogP contribution in [0.2, 0.25) is 0 Å². The first-order valence-corrected chi connectivity index (χ1v) is 5.86. The molecule has 0 fully saturated rings. The monoisotopic (exact) mass is 308 g/mol. The molecule has 9 heteroatoms. The molecule has 0 bridgehead atoms. The molecule has 0 spiro atoms. The van der Waals surface area contributed by atoms with Crippen LogP contribution in [0.25, 0.3) is 0 Å². The van der Waals surface area contributed by atoms with Crippen LogP contribution in [-0.4, -0.2) is 46.7 Å². The van der Waals surface area contributed by atoms with Crippen molar-refractivity contribution in [2.75, 3.05) is 25.1 Å². The van der Waals surface area contributed by atoms with E-state index in [-0.39, 0.29) is 0 Å². The third kappa shape index (κ3) is 4.31. The highest BCUT2D eigenvalue weighted by molar-refractivity contribution is 5.90. The van der Waals surface area contributed by atoms with E-state index in [0.29, 0.717) is 0 Å². The molecule has 0 aromatic heterocycles. The van der Waals surface area contributed by atoms with Crippen molar-refractivity contribution in [1.29, 1.82) is 0 Å². The van der Waals surface area contributed by atoms with E-state index in [0.717, 1.165) is 12.1 Å². The number of hydrogen-bond acceptors (Lipinski definition) is 4. The number of alkyl halides is 3. The summed E-state index contributed by atoms with van der Waals surface area (Å²) < 4.78 is 38.2. The van der Waals surface area contributed by atoms with Crippen LogP contribution in [0.15, 0.2) is 24.3 Å². The Hall–Kier alpha value is -1.84. The first kappa shape index (κ1) is 17.2. The van der Waals surface area contributed by atoms with Gasteiger partial charge in [-0.05, 0) is 12.1 Å². The van der Waals surface area contributed by atoms with Gasteiger partial charge in [-0.2, -0.15) is 13.2 Å². The molecule has 1 aromatic carbocycles. The van der Waals surface area contributed by atoms with E-state index in [2.05, 4.69) is 0 Å². The van der Waals surface area contributed by atoms with Crippen LogP contribution in [0.5, 0.6) is 0 Å². The van der Waals surface area contributed by atoms with Gasteiger partial charge < -0.3 is 26.0 Å². The normalized spacial score (nSPS) is 12.1. The highest BCUT2D eigenvalue weighted by Crippen LogP contribution is 2.34. The fraction of sp³-hybridized carbons (Fsp3) is 0.417. The van der Waals surface area contributed by atoms with Crippen molar-refractivity contribution < 1.29 is 33.3 Å². The van der Waals surface area contributed by atoms with Gasteiger partial charge in [0, 0.05) is 0 Å². The molecule has 0 saturated heterocycles. The molecule has 0 heterocycles. The summed E-state index contributed by atoms with van der Waals surface area (Å²) in [7, 11) is 0. The number of aliphatic hydroxyl groups excluding tert-OH is 3. The average Bonchev–Trinajstić information content (AvgIpc) is 2.44. The molecule has 0 atom stereocenters. The number of para-hydroxylation sites is 1. The Kier molecular flexibility index (Phi) is 5.53. The first-order chi connectivity index (χ1) is 9.78. The highest BCUT2D eigenvalue weighted by atomic mass is 19.4. The number of halogens is 3. The summed E-state index contributed by atoms with van der Waals surface area (Å²) in [4.78, 5) is 11.7. The minimum Gasteiger partial charge on any atom is -0.394 e. The molecule has 118 valence electrons. The van der Waals surface area contributed by atoms with E-state index in [1.54, 1.807) is 0 Å². The fourth-order valence-electron chi connectivity index (χ4n) is 1.50. The minimum atomic E-state index is -4.65. The average molecular weight is 308 g/mol. The van der Waals surface area contributed by atoms with Crippen molar-refractivity contribution in [2.45, 2.75) is 11.7 Å². The van der Waals surface area contributed by atoms with Crippen LogP contribution in [0.1, 0.15) is 5.56 Å². The van der Waals surface area contributed by atoms with E-state index >= 15 is 0 Å². The summed E-state index contributed by atoms with van der Waals surface area (Å²) in [5.41, 5.74) is -3.25. The lowest BCUT2D eigenvalue weighted by molar-refractivity contribution is -0.136. The lowest BCUT2D eigenvalue weighted by atomic mass is 10.0. The Balaban J connectivity index is 2.90. The molecule has 0 saturated carbocycles. The number of anilines is 1. The maximum Gasteiger partial charge on any atom is 0.418 e. The third-order valence-corrected chi connectivity index (χ3v) is 2.77. The first-order valence-electron chi connectivity index (χ1n) is 5.86. The maximum atomic E-state index is 12.7. The Bertz CT molecular complexity index is 481. The van der Waals surface area contributed by atoms with Gasteiger partial charge in [0.25, 0.3) is 0 Å². The molecular weight excluding hydrogens is 293 g/mol. The second-order valence-electron chi connectivity index (χ2n) is 4.38. The van der Waals surface area contributed by atoms with Crippen molar-refractivity contribution in [1.82, 2.24) is 5.32 Å². The van der Waals surface area contributed by atoms with Gasteiger partial charge in [-0.1, -0.05) is 12.1 Å². The molecule has 2 amide bonds. The predicted molar refractivity (Wildman–Crippen MR) is 67.6 cm³/mol. The van der Waals surface area contributed by atoms with E-state index in [9.17, 15) is 18.0 Å². The molecule has 0 aliphatic carbocycles. The van der Waals surface area contributed by atoms with E-state index in [1.165, 1.54) is 12.1 Å². The predicted octanol–water partition coefficient (Wildman–Crippen LogP) is 0.543. The van der Waals surface area contributed by atoms with Gasteiger partial charge in [0.1, 0.15) is 5.54 Å². The third-order valence-electron chi connectivity index (χ3n) is 2.77. The second-order valence-corrected chi connectivity index (χ2v) is 4.38. The van der Waals surface area contributed by atoms with Crippen LogP contribution in [0, 0.1) is 0 Å². The lowest BCUT2D eigenvalue weighted by Crippen LogP contribution is -2.58. The summed E-state index contributed by atoms with van der Waals surface area (Å²) in [5, 5.41) is 31.1. The largest absolute Gasteiger partial charge is 0.418 e. The number of aliphatic hydroxyl groups is 3. The molecule has 1 rings (SSSR count).